The molecule has 132 valence electrons. The van der Waals surface area contributed by atoms with Gasteiger partial charge in [0.1, 0.15) is 17.2 Å². The molecule has 0 saturated heterocycles. The van der Waals surface area contributed by atoms with Gasteiger partial charge in [0.2, 0.25) is 5.95 Å². The monoisotopic (exact) mass is 346 g/mol. The summed E-state index contributed by atoms with van der Waals surface area (Å²) in [7, 11) is 0. The molecule has 6 nitrogen and oxygen atoms in total. The van der Waals surface area contributed by atoms with Crippen molar-refractivity contribution in [3.8, 4) is 5.75 Å². The summed E-state index contributed by atoms with van der Waals surface area (Å²) in [6.45, 7) is 5.20. The van der Waals surface area contributed by atoms with Gasteiger partial charge in [-0.15, -0.1) is 0 Å². The fourth-order valence-corrected chi connectivity index (χ4v) is 2.01. The maximum atomic E-state index is 13.8. The molecule has 0 atom stereocenters. The first kappa shape index (κ1) is 18.4. The summed E-state index contributed by atoms with van der Waals surface area (Å²) in [4.78, 5) is 28.1. The highest BCUT2D eigenvalue weighted by atomic mass is 19.1. The van der Waals surface area contributed by atoms with Crippen LogP contribution >= 0.6 is 0 Å². The van der Waals surface area contributed by atoms with Gasteiger partial charge in [-0.1, -0.05) is 12.1 Å². The topological polar surface area (TPSA) is 79.7 Å². The van der Waals surface area contributed by atoms with Crippen molar-refractivity contribution in [1.82, 2.24) is 4.98 Å². The molecule has 1 aromatic carbocycles. The van der Waals surface area contributed by atoms with Gasteiger partial charge in [0.25, 0.3) is 0 Å². The van der Waals surface area contributed by atoms with E-state index in [4.69, 9.17) is 4.74 Å². The van der Waals surface area contributed by atoms with E-state index >= 15 is 0 Å². The molecular weight excluding hydrogens is 327 g/mol. The smallest absolute Gasteiger partial charge is 0.416 e. The Morgan fingerprint density at radius 3 is 2.40 bits per heavy atom. The fraction of sp³-hybridized carbons (Fsp3) is 0.278. The summed E-state index contributed by atoms with van der Waals surface area (Å²) in [5.41, 5.74) is -0.256. The summed E-state index contributed by atoms with van der Waals surface area (Å²) < 4.78 is 19.2. The first-order chi connectivity index (χ1) is 11.7. The molecule has 25 heavy (non-hydrogen) atoms. The lowest BCUT2D eigenvalue weighted by atomic mass is 10.2. The van der Waals surface area contributed by atoms with E-state index in [-0.39, 0.29) is 23.7 Å². The summed E-state index contributed by atoms with van der Waals surface area (Å²) in [5, 5.41) is 9.36. The van der Waals surface area contributed by atoms with Gasteiger partial charge >= 0.3 is 6.09 Å². The molecule has 0 bridgehead atoms. The van der Waals surface area contributed by atoms with Crippen molar-refractivity contribution in [3.05, 3.63) is 53.5 Å². The Morgan fingerprint density at radius 2 is 1.88 bits per heavy atom. The van der Waals surface area contributed by atoms with Crippen LogP contribution in [0.25, 0.3) is 0 Å². The normalized spacial score (nSPS) is 11.0. The Kier molecular flexibility index (Phi) is 5.36. The van der Waals surface area contributed by atoms with Crippen molar-refractivity contribution in [2.75, 3.05) is 4.90 Å². The Morgan fingerprint density at radius 1 is 1.24 bits per heavy atom. The lowest BCUT2D eigenvalue weighted by Gasteiger charge is -2.27. The second-order valence-electron chi connectivity index (χ2n) is 6.40. The Labute approximate surface area is 144 Å². The van der Waals surface area contributed by atoms with E-state index in [2.05, 4.69) is 4.98 Å². The average molecular weight is 346 g/mol. The molecule has 0 fully saturated rings. The molecule has 1 amide bonds. The van der Waals surface area contributed by atoms with Crippen molar-refractivity contribution in [2.45, 2.75) is 32.9 Å². The number of aldehydes is 1. The van der Waals surface area contributed by atoms with E-state index in [0.717, 1.165) is 4.90 Å². The Hall–Kier alpha value is -2.96. The number of rotatable bonds is 4. The van der Waals surface area contributed by atoms with E-state index < -0.39 is 17.6 Å². The third-order valence-corrected chi connectivity index (χ3v) is 3.16. The van der Waals surface area contributed by atoms with Crippen molar-refractivity contribution in [1.29, 1.82) is 0 Å². The van der Waals surface area contributed by atoms with Crippen LogP contribution in [0, 0.1) is 5.95 Å². The second kappa shape index (κ2) is 7.29. The van der Waals surface area contributed by atoms with E-state index in [1.807, 2.05) is 0 Å². The number of ether oxygens (including phenoxy) is 1. The highest BCUT2D eigenvalue weighted by molar-refractivity contribution is 5.87. The highest BCUT2D eigenvalue weighted by Crippen LogP contribution is 2.21. The maximum Gasteiger partial charge on any atom is 0.416 e. The molecule has 0 aliphatic heterocycles. The minimum Gasteiger partial charge on any atom is -0.508 e. The minimum atomic E-state index is -0.966. The molecule has 1 aromatic heterocycles. The predicted molar refractivity (Wildman–Crippen MR) is 90.1 cm³/mol. The van der Waals surface area contributed by atoms with Crippen LogP contribution in [0.5, 0.6) is 5.75 Å². The van der Waals surface area contributed by atoms with Crippen molar-refractivity contribution >= 4 is 18.2 Å². The molecule has 0 spiro atoms. The number of aromatic hydroxyl groups is 1. The van der Waals surface area contributed by atoms with Crippen LogP contribution < -0.4 is 4.90 Å². The van der Waals surface area contributed by atoms with Crippen LogP contribution in [0.4, 0.5) is 15.0 Å². The van der Waals surface area contributed by atoms with Crippen LogP contribution in [0.3, 0.4) is 0 Å². The number of nitrogens with zero attached hydrogens (tertiary/aromatic N) is 2. The number of carbonyl (C=O) groups is 2. The number of amides is 1. The Bertz CT molecular complexity index is 770. The molecule has 1 heterocycles. The van der Waals surface area contributed by atoms with Gasteiger partial charge in [-0.05, 0) is 50.6 Å². The molecule has 0 aliphatic rings. The second-order valence-corrected chi connectivity index (χ2v) is 6.40. The molecule has 2 rings (SSSR count). The summed E-state index contributed by atoms with van der Waals surface area (Å²) in [6, 6.07) is 8.83. The predicted octanol–water partition coefficient (Wildman–Crippen LogP) is 3.68. The zero-order valence-electron chi connectivity index (χ0n) is 14.2. The lowest BCUT2D eigenvalue weighted by Crippen LogP contribution is -2.37. The number of aromatic nitrogens is 1. The number of anilines is 1. The molecule has 0 unspecified atom stereocenters. The van der Waals surface area contributed by atoms with Crippen LogP contribution in [0.1, 0.15) is 36.7 Å². The summed E-state index contributed by atoms with van der Waals surface area (Å²) >= 11 is 0. The maximum absolute atomic E-state index is 13.8. The van der Waals surface area contributed by atoms with Gasteiger partial charge in [0.15, 0.2) is 6.29 Å². The number of hydrogen-bond donors (Lipinski definition) is 1. The minimum absolute atomic E-state index is 0.0189. The van der Waals surface area contributed by atoms with Crippen LogP contribution in [0.2, 0.25) is 0 Å². The quantitative estimate of drug-likeness (QED) is 0.675. The first-order valence-electron chi connectivity index (χ1n) is 7.60. The summed E-state index contributed by atoms with van der Waals surface area (Å²) in [5.74, 6) is -0.857. The standard InChI is InChI=1S/C18H19FN2O4/c1-18(2,3)25-17(24)21(10-12-4-7-14(23)8-5-12)15-9-6-13(11-22)16(19)20-15/h4-9,11,23H,10H2,1-3H3. The average Bonchev–Trinajstić information content (AvgIpc) is 2.52. The fourth-order valence-electron chi connectivity index (χ4n) is 2.01. The third kappa shape index (κ3) is 5.00. The van der Waals surface area contributed by atoms with Crippen molar-refractivity contribution in [3.63, 3.8) is 0 Å². The van der Waals surface area contributed by atoms with Gasteiger partial charge in [0.05, 0.1) is 12.1 Å². The molecule has 0 saturated carbocycles. The van der Waals surface area contributed by atoms with Gasteiger partial charge in [0, 0.05) is 0 Å². The Balaban J connectivity index is 2.37. The molecule has 0 aliphatic carbocycles. The number of benzene rings is 1. The summed E-state index contributed by atoms with van der Waals surface area (Å²) in [6.07, 6.45) is -0.351. The number of halogens is 1. The van der Waals surface area contributed by atoms with Gasteiger partial charge in [-0.2, -0.15) is 4.39 Å². The number of hydrogen-bond acceptors (Lipinski definition) is 5. The highest BCUT2D eigenvalue weighted by Gasteiger charge is 2.25. The zero-order chi connectivity index (χ0) is 18.6. The number of phenolic OH excluding ortho intramolecular Hbond substituents is 1. The molecule has 2 aromatic rings. The first-order valence-corrected chi connectivity index (χ1v) is 7.60. The molecular formula is C18H19FN2O4. The van der Waals surface area contributed by atoms with Crippen LogP contribution in [-0.4, -0.2) is 28.1 Å². The van der Waals surface area contributed by atoms with Gasteiger partial charge < -0.3 is 9.84 Å². The van der Waals surface area contributed by atoms with Crippen molar-refractivity contribution in [2.24, 2.45) is 0 Å². The van der Waals surface area contributed by atoms with Crippen molar-refractivity contribution < 1.29 is 23.8 Å². The van der Waals surface area contributed by atoms with Gasteiger partial charge in [-0.3, -0.25) is 9.69 Å². The van der Waals surface area contributed by atoms with Gasteiger partial charge in [-0.25, -0.2) is 9.78 Å². The molecule has 7 heteroatoms. The SMILES string of the molecule is CC(C)(C)OC(=O)N(Cc1ccc(O)cc1)c1ccc(C=O)c(F)n1. The van der Waals surface area contributed by atoms with E-state index in [9.17, 15) is 19.1 Å². The lowest BCUT2D eigenvalue weighted by molar-refractivity contribution is 0.0576. The van der Waals surface area contributed by atoms with E-state index in [1.54, 1.807) is 32.9 Å². The van der Waals surface area contributed by atoms with E-state index in [1.165, 1.54) is 24.3 Å². The number of pyridine rings is 1. The molecule has 0 radical (unpaired) electrons. The largest absolute Gasteiger partial charge is 0.508 e. The number of phenols is 1. The van der Waals surface area contributed by atoms with Crippen LogP contribution in [-0.2, 0) is 11.3 Å². The number of carbonyl (C=O) groups excluding carboxylic acids is 2. The van der Waals surface area contributed by atoms with Crippen LogP contribution in [0.15, 0.2) is 36.4 Å². The van der Waals surface area contributed by atoms with E-state index in [0.29, 0.717) is 11.8 Å². The zero-order valence-corrected chi connectivity index (χ0v) is 14.2. The molecule has 1 N–H and O–H groups in total. The third-order valence-electron chi connectivity index (χ3n) is 3.16.